The summed E-state index contributed by atoms with van der Waals surface area (Å²) in [6, 6.07) is 9.41. The number of anilines is 2. The van der Waals surface area contributed by atoms with Gasteiger partial charge in [-0.3, -0.25) is 9.48 Å². The van der Waals surface area contributed by atoms with E-state index in [9.17, 15) is 4.79 Å². The van der Waals surface area contributed by atoms with Gasteiger partial charge < -0.3 is 10.6 Å². The molecule has 2 N–H and O–H groups in total. The van der Waals surface area contributed by atoms with Crippen molar-refractivity contribution in [2.75, 3.05) is 17.2 Å². The molecule has 2 aromatic rings. The minimum absolute atomic E-state index is 0.0721. The molecule has 2 rings (SSSR count). The SMILES string of the molecule is CCc1nn(C)cc1NCC(=O)Nc1ccccc1. The van der Waals surface area contributed by atoms with E-state index in [2.05, 4.69) is 15.7 Å². The second kappa shape index (κ2) is 6.04. The van der Waals surface area contributed by atoms with Gasteiger partial charge in [-0.15, -0.1) is 0 Å². The van der Waals surface area contributed by atoms with E-state index in [0.29, 0.717) is 0 Å². The van der Waals surface area contributed by atoms with Crippen LogP contribution in [0.2, 0.25) is 0 Å². The Morgan fingerprint density at radius 3 is 2.74 bits per heavy atom. The molecule has 0 aliphatic rings. The molecule has 19 heavy (non-hydrogen) atoms. The topological polar surface area (TPSA) is 59.0 Å². The lowest BCUT2D eigenvalue weighted by molar-refractivity contribution is -0.114. The van der Waals surface area contributed by atoms with Crippen molar-refractivity contribution in [1.82, 2.24) is 9.78 Å². The van der Waals surface area contributed by atoms with Crippen molar-refractivity contribution in [3.8, 4) is 0 Å². The summed E-state index contributed by atoms with van der Waals surface area (Å²) in [5.74, 6) is -0.0721. The summed E-state index contributed by atoms with van der Waals surface area (Å²) in [6.07, 6.45) is 2.72. The van der Waals surface area contributed by atoms with E-state index in [1.165, 1.54) is 0 Å². The molecular formula is C14H18N4O. The minimum atomic E-state index is -0.0721. The molecule has 1 aromatic heterocycles. The van der Waals surface area contributed by atoms with E-state index in [-0.39, 0.29) is 12.5 Å². The van der Waals surface area contributed by atoms with Gasteiger partial charge in [0.2, 0.25) is 5.91 Å². The summed E-state index contributed by atoms with van der Waals surface area (Å²) >= 11 is 0. The zero-order valence-corrected chi connectivity index (χ0v) is 11.2. The second-order valence-corrected chi connectivity index (χ2v) is 4.28. The number of para-hydroxylation sites is 1. The zero-order chi connectivity index (χ0) is 13.7. The molecule has 0 atom stereocenters. The van der Waals surface area contributed by atoms with Gasteiger partial charge in [-0.1, -0.05) is 25.1 Å². The van der Waals surface area contributed by atoms with E-state index in [0.717, 1.165) is 23.5 Å². The number of carbonyl (C=O) groups is 1. The third-order valence-corrected chi connectivity index (χ3v) is 2.74. The number of aryl methyl sites for hydroxylation is 2. The molecule has 1 aromatic carbocycles. The van der Waals surface area contributed by atoms with Crippen molar-refractivity contribution in [3.63, 3.8) is 0 Å². The Labute approximate surface area is 112 Å². The largest absolute Gasteiger partial charge is 0.373 e. The van der Waals surface area contributed by atoms with Crippen LogP contribution in [0.4, 0.5) is 11.4 Å². The number of hydrogen-bond acceptors (Lipinski definition) is 3. The van der Waals surface area contributed by atoms with E-state index >= 15 is 0 Å². The van der Waals surface area contributed by atoms with Gasteiger partial charge >= 0.3 is 0 Å². The van der Waals surface area contributed by atoms with Gasteiger partial charge in [-0.25, -0.2) is 0 Å². The summed E-state index contributed by atoms with van der Waals surface area (Å²) in [7, 11) is 1.87. The smallest absolute Gasteiger partial charge is 0.243 e. The van der Waals surface area contributed by atoms with Gasteiger partial charge in [-0.05, 0) is 18.6 Å². The molecule has 1 amide bonds. The Morgan fingerprint density at radius 1 is 1.32 bits per heavy atom. The number of nitrogens with one attached hydrogen (secondary N) is 2. The molecule has 0 unspecified atom stereocenters. The van der Waals surface area contributed by atoms with E-state index < -0.39 is 0 Å². The van der Waals surface area contributed by atoms with E-state index in [1.807, 2.05) is 50.5 Å². The molecule has 0 radical (unpaired) electrons. The average molecular weight is 258 g/mol. The standard InChI is InChI=1S/C14H18N4O/c1-3-12-13(10-18(2)17-12)15-9-14(19)16-11-7-5-4-6-8-11/h4-8,10,15H,3,9H2,1-2H3,(H,16,19). The van der Waals surface area contributed by atoms with Crippen LogP contribution in [0.25, 0.3) is 0 Å². The van der Waals surface area contributed by atoms with E-state index in [4.69, 9.17) is 0 Å². The Bertz CT molecular complexity index is 548. The number of nitrogens with zero attached hydrogens (tertiary/aromatic N) is 2. The van der Waals surface area contributed by atoms with Crippen LogP contribution in [0.1, 0.15) is 12.6 Å². The predicted molar refractivity (Wildman–Crippen MR) is 76.1 cm³/mol. The first kappa shape index (κ1) is 13.1. The molecule has 0 aliphatic carbocycles. The second-order valence-electron chi connectivity index (χ2n) is 4.28. The molecular weight excluding hydrogens is 240 g/mol. The first-order valence-electron chi connectivity index (χ1n) is 6.30. The number of benzene rings is 1. The maximum atomic E-state index is 11.8. The number of hydrogen-bond donors (Lipinski definition) is 2. The van der Waals surface area contributed by atoms with Gasteiger partial charge in [0.25, 0.3) is 0 Å². The van der Waals surface area contributed by atoms with Gasteiger partial charge in [0.1, 0.15) is 0 Å². The predicted octanol–water partition coefficient (Wildman–Crippen LogP) is 2.03. The van der Waals surface area contributed by atoms with Crippen LogP contribution >= 0.6 is 0 Å². The number of carbonyl (C=O) groups excluding carboxylic acids is 1. The lowest BCUT2D eigenvalue weighted by atomic mass is 10.3. The van der Waals surface area contributed by atoms with Crippen LogP contribution in [-0.4, -0.2) is 22.2 Å². The molecule has 100 valence electrons. The summed E-state index contributed by atoms with van der Waals surface area (Å²) in [5.41, 5.74) is 2.68. The monoisotopic (exact) mass is 258 g/mol. The fourth-order valence-corrected chi connectivity index (χ4v) is 1.85. The quantitative estimate of drug-likeness (QED) is 0.862. The van der Waals surface area contributed by atoms with Crippen molar-refractivity contribution < 1.29 is 4.79 Å². The van der Waals surface area contributed by atoms with Crippen molar-refractivity contribution in [1.29, 1.82) is 0 Å². The zero-order valence-electron chi connectivity index (χ0n) is 11.2. The maximum Gasteiger partial charge on any atom is 0.243 e. The summed E-state index contributed by atoms with van der Waals surface area (Å²) in [4.78, 5) is 11.8. The van der Waals surface area contributed by atoms with Gasteiger partial charge in [0.15, 0.2) is 0 Å². The van der Waals surface area contributed by atoms with Crippen LogP contribution in [-0.2, 0) is 18.3 Å². The number of aromatic nitrogens is 2. The lowest BCUT2D eigenvalue weighted by Gasteiger charge is -2.07. The highest BCUT2D eigenvalue weighted by atomic mass is 16.1. The Morgan fingerprint density at radius 2 is 2.05 bits per heavy atom. The van der Waals surface area contributed by atoms with Crippen LogP contribution in [0.5, 0.6) is 0 Å². The summed E-state index contributed by atoms with van der Waals surface area (Å²) in [5, 5.41) is 10.3. The molecule has 0 bridgehead atoms. The van der Waals surface area contributed by atoms with Crippen LogP contribution in [0, 0.1) is 0 Å². The van der Waals surface area contributed by atoms with Crippen molar-refractivity contribution in [2.45, 2.75) is 13.3 Å². The van der Waals surface area contributed by atoms with Gasteiger partial charge in [0, 0.05) is 18.9 Å². The Hall–Kier alpha value is -2.30. The molecule has 0 spiro atoms. The van der Waals surface area contributed by atoms with Crippen LogP contribution < -0.4 is 10.6 Å². The summed E-state index contributed by atoms with van der Waals surface area (Å²) < 4.78 is 1.75. The fourth-order valence-electron chi connectivity index (χ4n) is 1.85. The van der Waals surface area contributed by atoms with Gasteiger partial charge in [-0.2, -0.15) is 5.10 Å². The molecule has 0 saturated heterocycles. The lowest BCUT2D eigenvalue weighted by Crippen LogP contribution is -2.21. The average Bonchev–Trinajstić information content (AvgIpc) is 2.78. The molecule has 0 aliphatic heterocycles. The van der Waals surface area contributed by atoms with Crippen molar-refractivity contribution in [3.05, 3.63) is 42.2 Å². The third kappa shape index (κ3) is 3.58. The molecule has 0 saturated carbocycles. The first-order valence-corrected chi connectivity index (χ1v) is 6.30. The highest BCUT2D eigenvalue weighted by Crippen LogP contribution is 2.13. The third-order valence-electron chi connectivity index (χ3n) is 2.74. The normalized spacial score (nSPS) is 10.2. The van der Waals surface area contributed by atoms with Gasteiger partial charge in [0.05, 0.1) is 17.9 Å². The number of amides is 1. The van der Waals surface area contributed by atoms with E-state index in [1.54, 1.807) is 4.68 Å². The molecule has 5 heteroatoms. The first-order chi connectivity index (χ1) is 9.19. The van der Waals surface area contributed by atoms with Crippen LogP contribution in [0.15, 0.2) is 36.5 Å². The van der Waals surface area contributed by atoms with Crippen molar-refractivity contribution >= 4 is 17.3 Å². The number of rotatable bonds is 5. The molecule has 1 heterocycles. The highest BCUT2D eigenvalue weighted by molar-refractivity contribution is 5.93. The molecule has 5 nitrogen and oxygen atoms in total. The maximum absolute atomic E-state index is 11.8. The van der Waals surface area contributed by atoms with Crippen LogP contribution in [0.3, 0.4) is 0 Å². The van der Waals surface area contributed by atoms with Crippen molar-refractivity contribution in [2.24, 2.45) is 7.05 Å². The Balaban J connectivity index is 1.90. The molecule has 0 fully saturated rings. The minimum Gasteiger partial charge on any atom is -0.373 e. The fraction of sp³-hybridized carbons (Fsp3) is 0.286. The highest BCUT2D eigenvalue weighted by Gasteiger charge is 2.07. The Kier molecular flexibility index (Phi) is 4.18. The summed E-state index contributed by atoms with van der Waals surface area (Å²) in [6.45, 7) is 2.27.